The van der Waals surface area contributed by atoms with Gasteiger partial charge in [-0.05, 0) is 51.0 Å². The predicted octanol–water partition coefficient (Wildman–Crippen LogP) is 2.69. The quantitative estimate of drug-likeness (QED) is 0.201. The van der Waals surface area contributed by atoms with E-state index in [2.05, 4.69) is 20.3 Å². The maximum absolute atomic E-state index is 12.3. The lowest BCUT2D eigenvalue weighted by molar-refractivity contribution is 0.0386. The van der Waals surface area contributed by atoms with Gasteiger partial charge in [0.1, 0.15) is 11.4 Å². The van der Waals surface area contributed by atoms with Crippen molar-refractivity contribution in [3.05, 3.63) is 59.5 Å². The highest BCUT2D eigenvalue weighted by Crippen LogP contribution is 2.19. The van der Waals surface area contributed by atoms with E-state index in [1.54, 1.807) is 39.0 Å². The number of nitrogens with one attached hydrogen (secondary N) is 3. The van der Waals surface area contributed by atoms with Crippen molar-refractivity contribution in [3.63, 3.8) is 0 Å². The lowest BCUT2D eigenvalue weighted by atomic mass is 10.0. The van der Waals surface area contributed by atoms with Crippen molar-refractivity contribution in [2.75, 3.05) is 13.1 Å². The zero-order valence-corrected chi connectivity index (χ0v) is 21.5. The number of furan rings is 1. The van der Waals surface area contributed by atoms with E-state index in [4.69, 9.17) is 4.42 Å². The molecular weight excluding hydrogens is 531 g/mol. The van der Waals surface area contributed by atoms with Gasteiger partial charge in [0, 0.05) is 12.6 Å². The number of halogens is 1. The molecule has 0 saturated heterocycles. The summed E-state index contributed by atoms with van der Waals surface area (Å²) < 4.78 is 32.5. The lowest BCUT2D eigenvalue weighted by Gasteiger charge is -2.22. The first-order valence-electron chi connectivity index (χ1n) is 9.98. The minimum absolute atomic E-state index is 0. The molecule has 0 amide bonds. The van der Waals surface area contributed by atoms with Crippen molar-refractivity contribution in [1.29, 1.82) is 0 Å². The normalized spacial score (nSPS) is 14.1. The summed E-state index contributed by atoms with van der Waals surface area (Å²) in [6.45, 7) is 8.32. The van der Waals surface area contributed by atoms with Crippen LogP contribution in [0.2, 0.25) is 0 Å². The number of guanidine groups is 1. The van der Waals surface area contributed by atoms with E-state index < -0.39 is 15.6 Å². The number of nitrogens with zero attached hydrogens (tertiary/aromatic N) is 1. The third kappa shape index (κ3) is 9.17. The molecule has 0 aliphatic carbocycles. The fourth-order valence-corrected chi connectivity index (χ4v) is 4.38. The zero-order chi connectivity index (χ0) is 22.2. The molecule has 1 aromatic heterocycles. The van der Waals surface area contributed by atoms with Gasteiger partial charge in [0.15, 0.2) is 5.96 Å². The molecule has 1 atom stereocenters. The minimum atomic E-state index is -3.43. The number of hydrogen-bond donors (Lipinski definition) is 4. The van der Waals surface area contributed by atoms with Gasteiger partial charge >= 0.3 is 0 Å². The third-order valence-corrected chi connectivity index (χ3v) is 5.80. The van der Waals surface area contributed by atoms with E-state index in [-0.39, 0.29) is 42.3 Å². The molecule has 4 N–H and O–H groups in total. The molecule has 0 saturated carbocycles. The fourth-order valence-electron chi connectivity index (χ4n) is 2.89. The van der Waals surface area contributed by atoms with Crippen LogP contribution in [0.4, 0.5) is 0 Å². The molecule has 1 heterocycles. The average molecular weight is 564 g/mol. The lowest BCUT2D eigenvalue weighted by Crippen LogP contribution is -2.44. The average Bonchev–Trinajstić information content (AvgIpc) is 3.19. The number of hydrogen-bond acceptors (Lipinski definition) is 5. The van der Waals surface area contributed by atoms with Gasteiger partial charge in [-0.3, -0.25) is 0 Å². The second-order valence-electron chi connectivity index (χ2n) is 7.60. The van der Waals surface area contributed by atoms with E-state index in [1.807, 2.05) is 25.1 Å². The molecule has 0 aliphatic heterocycles. The Kier molecular flexibility index (Phi) is 11.0. The van der Waals surface area contributed by atoms with Crippen LogP contribution in [-0.2, 0) is 27.9 Å². The van der Waals surface area contributed by atoms with Crippen molar-refractivity contribution in [3.8, 4) is 0 Å². The smallest absolute Gasteiger partial charge is 0.216 e. The van der Waals surface area contributed by atoms with Gasteiger partial charge in [-0.1, -0.05) is 24.3 Å². The minimum Gasteiger partial charge on any atom is -0.466 e. The van der Waals surface area contributed by atoms with Crippen molar-refractivity contribution in [2.45, 2.75) is 51.6 Å². The Balaban J connectivity index is 0.00000480. The van der Waals surface area contributed by atoms with Gasteiger partial charge in [0.2, 0.25) is 10.0 Å². The SMILES string of the molecule is CCNC(=NCc1ccccc1CS(=O)(=O)NC(C)C)NCC(C)(O)c1ccco1.I. The summed E-state index contributed by atoms with van der Waals surface area (Å²) in [6.07, 6.45) is 1.52. The third-order valence-electron chi connectivity index (χ3n) is 4.28. The molecule has 10 heteroatoms. The van der Waals surface area contributed by atoms with Gasteiger partial charge < -0.3 is 20.2 Å². The van der Waals surface area contributed by atoms with E-state index in [9.17, 15) is 13.5 Å². The summed E-state index contributed by atoms with van der Waals surface area (Å²) in [5.74, 6) is 0.870. The second-order valence-corrected chi connectivity index (χ2v) is 9.35. The van der Waals surface area contributed by atoms with Crippen LogP contribution < -0.4 is 15.4 Å². The summed E-state index contributed by atoms with van der Waals surface area (Å²) in [4.78, 5) is 4.56. The zero-order valence-electron chi connectivity index (χ0n) is 18.4. The molecular formula is C21H33IN4O4S. The number of sulfonamides is 1. The second kappa shape index (κ2) is 12.4. The number of aliphatic hydroxyl groups is 1. The number of benzene rings is 1. The summed E-state index contributed by atoms with van der Waals surface area (Å²) >= 11 is 0. The standard InChI is InChI=1S/C21H32N4O4S.HI/c1-5-22-20(24-15-21(4,26)19-11-8-12-29-19)23-13-17-9-6-7-10-18(17)14-30(27,28)25-16(2)3;/h6-12,16,25-26H,5,13-15H2,1-4H3,(H2,22,23,24);1H. The highest BCUT2D eigenvalue weighted by molar-refractivity contribution is 14.0. The molecule has 0 fully saturated rings. The van der Waals surface area contributed by atoms with Crippen molar-refractivity contribution < 1.29 is 17.9 Å². The van der Waals surface area contributed by atoms with Crippen LogP contribution in [0.1, 0.15) is 44.6 Å². The molecule has 1 unspecified atom stereocenters. The van der Waals surface area contributed by atoms with Gasteiger partial charge in [-0.15, -0.1) is 24.0 Å². The molecule has 0 radical (unpaired) electrons. The highest BCUT2D eigenvalue weighted by Gasteiger charge is 2.26. The van der Waals surface area contributed by atoms with Gasteiger partial charge in [0.05, 0.1) is 25.1 Å². The Labute approximate surface area is 202 Å². The Morgan fingerprint density at radius 2 is 1.84 bits per heavy atom. The topological polar surface area (TPSA) is 116 Å². The largest absolute Gasteiger partial charge is 0.466 e. The number of rotatable bonds is 10. The van der Waals surface area contributed by atoms with Crippen LogP contribution in [0.5, 0.6) is 0 Å². The van der Waals surface area contributed by atoms with Crippen molar-refractivity contribution in [2.24, 2.45) is 4.99 Å². The molecule has 174 valence electrons. The van der Waals surface area contributed by atoms with Crippen LogP contribution >= 0.6 is 24.0 Å². The maximum Gasteiger partial charge on any atom is 0.216 e. The molecule has 0 bridgehead atoms. The first kappa shape index (κ1) is 27.4. The van der Waals surface area contributed by atoms with Crippen molar-refractivity contribution >= 4 is 40.0 Å². The number of aliphatic imine (C=N–C) groups is 1. The van der Waals surface area contributed by atoms with Crippen LogP contribution in [0.25, 0.3) is 0 Å². The Bertz CT molecular complexity index is 929. The van der Waals surface area contributed by atoms with Crippen LogP contribution in [0.15, 0.2) is 52.1 Å². The molecule has 31 heavy (non-hydrogen) atoms. The van der Waals surface area contributed by atoms with E-state index in [0.29, 0.717) is 30.4 Å². The van der Waals surface area contributed by atoms with E-state index in [1.165, 1.54) is 6.26 Å². The highest BCUT2D eigenvalue weighted by atomic mass is 127. The monoisotopic (exact) mass is 564 g/mol. The molecule has 0 aliphatic rings. The Morgan fingerprint density at radius 3 is 2.42 bits per heavy atom. The first-order chi connectivity index (χ1) is 14.1. The fraction of sp³-hybridized carbons (Fsp3) is 0.476. The Morgan fingerprint density at radius 1 is 1.16 bits per heavy atom. The van der Waals surface area contributed by atoms with Crippen molar-refractivity contribution in [1.82, 2.24) is 15.4 Å². The van der Waals surface area contributed by atoms with Gasteiger partial charge in [0.25, 0.3) is 0 Å². The molecule has 1 aromatic carbocycles. The molecule has 2 aromatic rings. The summed E-state index contributed by atoms with van der Waals surface area (Å²) in [7, 11) is -3.43. The van der Waals surface area contributed by atoms with Crippen LogP contribution in [-0.4, -0.2) is 38.6 Å². The van der Waals surface area contributed by atoms with Crippen LogP contribution in [0, 0.1) is 0 Å². The summed E-state index contributed by atoms with van der Waals surface area (Å²) in [5.41, 5.74) is 0.322. The Hall–Kier alpha value is -1.63. The van der Waals surface area contributed by atoms with Crippen LogP contribution in [0.3, 0.4) is 0 Å². The maximum atomic E-state index is 12.3. The summed E-state index contributed by atoms with van der Waals surface area (Å²) in [5, 5.41) is 16.9. The summed E-state index contributed by atoms with van der Waals surface area (Å²) in [6, 6.07) is 10.6. The molecule has 2 rings (SSSR count). The first-order valence-corrected chi connectivity index (χ1v) is 11.6. The molecule has 8 nitrogen and oxygen atoms in total. The predicted molar refractivity (Wildman–Crippen MR) is 134 cm³/mol. The van der Waals surface area contributed by atoms with Gasteiger partial charge in [-0.25, -0.2) is 18.1 Å². The van der Waals surface area contributed by atoms with E-state index in [0.717, 1.165) is 5.56 Å². The van der Waals surface area contributed by atoms with Gasteiger partial charge in [-0.2, -0.15) is 0 Å². The molecule has 0 spiro atoms. The van der Waals surface area contributed by atoms with E-state index >= 15 is 0 Å².